The summed E-state index contributed by atoms with van der Waals surface area (Å²) in [6.07, 6.45) is 7.15. The Morgan fingerprint density at radius 1 is 1.28 bits per heavy atom. The highest BCUT2D eigenvalue weighted by Crippen LogP contribution is 2.25. The van der Waals surface area contributed by atoms with Gasteiger partial charge in [-0.15, -0.1) is 0 Å². The van der Waals surface area contributed by atoms with Crippen molar-refractivity contribution in [2.24, 2.45) is 11.5 Å². The van der Waals surface area contributed by atoms with Crippen LogP contribution in [-0.2, 0) is 16.1 Å². The van der Waals surface area contributed by atoms with Crippen molar-refractivity contribution in [2.75, 3.05) is 25.5 Å². The van der Waals surface area contributed by atoms with Crippen LogP contribution in [0.1, 0.15) is 50.5 Å². The molecule has 5 N–H and O–H groups in total. The van der Waals surface area contributed by atoms with Crippen LogP contribution in [0.25, 0.3) is 0 Å². The largest absolute Gasteiger partial charge is 0.494 e. The minimum Gasteiger partial charge on any atom is -0.494 e. The zero-order chi connectivity index (χ0) is 20.8. The Morgan fingerprint density at radius 3 is 2.76 bits per heavy atom. The van der Waals surface area contributed by atoms with Crippen LogP contribution in [0.5, 0.6) is 5.75 Å². The fourth-order valence-electron chi connectivity index (χ4n) is 4.01. The molecular formula is C21H32N5O3+. The molecule has 1 heterocycles. The molecule has 0 spiro atoms. The summed E-state index contributed by atoms with van der Waals surface area (Å²) >= 11 is 0. The van der Waals surface area contributed by atoms with Gasteiger partial charge in [0.25, 0.3) is 5.91 Å². The number of hydrogen-bond acceptors (Lipinski definition) is 5. The zero-order valence-electron chi connectivity index (χ0n) is 17.2. The Hall–Kier alpha value is -2.77. The fraction of sp³-hybridized carbons (Fsp3) is 0.571. The number of rotatable bonds is 8. The molecule has 1 aliphatic carbocycles. The van der Waals surface area contributed by atoms with E-state index in [0.717, 1.165) is 29.8 Å². The molecule has 8 heteroatoms. The lowest BCUT2D eigenvalue weighted by Gasteiger charge is -2.31. The molecule has 0 bridgehead atoms. The number of carbonyl (C=O) groups is 2. The van der Waals surface area contributed by atoms with Gasteiger partial charge in [0.1, 0.15) is 18.0 Å². The Kier molecular flexibility index (Phi) is 6.95. The SMILES string of the molecule is CN(C(=O)CCCOc1ccc2c(c1)C[N+](CC(N)=O)=C(N)N2)C1CCCCC1. The van der Waals surface area contributed by atoms with Gasteiger partial charge in [-0.05, 0) is 37.5 Å². The lowest BCUT2D eigenvalue weighted by Crippen LogP contribution is -2.41. The first-order valence-electron chi connectivity index (χ1n) is 10.4. The maximum Gasteiger partial charge on any atom is 0.349 e. The average molecular weight is 403 g/mol. The summed E-state index contributed by atoms with van der Waals surface area (Å²) in [5.74, 6) is 0.903. The van der Waals surface area contributed by atoms with Crippen LogP contribution >= 0.6 is 0 Å². The van der Waals surface area contributed by atoms with Crippen molar-refractivity contribution in [3.8, 4) is 5.75 Å². The molecule has 0 saturated heterocycles. The highest BCUT2D eigenvalue weighted by molar-refractivity contribution is 5.91. The first kappa shape index (κ1) is 21.0. The van der Waals surface area contributed by atoms with Gasteiger partial charge in [-0.2, -0.15) is 0 Å². The van der Waals surface area contributed by atoms with Gasteiger partial charge in [-0.25, -0.2) is 5.32 Å². The van der Waals surface area contributed by atoms with Crippen LogP contribution in [0.3, 0.4) is 0 Å². The molecule has 158 valence electrons. The second-order valence-corrected chi connectivity index (χ2v) is 7.90. The molecule has 1 fully saturated rings. The Bertz CT molecular complexity index is 787. The van der Waals surface area contributed by atoms with E-state index in [0.29, 0.717) is 38.0 Å². The van der Waals surface area contributed by atoms with Crippen LogP contribution in [-0.4, -0.2) is 53.5 Å². The van der Waals surface area contributed by atoms with Crippen LogP contribution in [0.2, 0.25) is 0 Å². The van der Waals surface area contributed by atoms with E-state index >= 15 is 0 Å². The van der Waals surface area contributed by atoms with E-state index < -0.39 is 5.91 Å². The van der Waals surface area contributed by atoms with Crippen LogP contribution < -0.4 is 21.5 Å². The van der Waals surface area contributed by atoms with Crippen molar-refractivity contribution in [1.82, 2.24) is 4.90 Å². The molecule has 3 rings (SSSR count). The Labute approximate surface area is 171 Å². The number of primary amides is 1. The maximum atomic E-state index is 12.4. The van der Waals surface area contributed by atoms with E-state index in [2.05, 4.69) is 5.32 Å². The molecule has 0 atom stereocenters. The standard InChI is InChI=1S/C21H31N5O3/c1-25(16-6-3-2-4-7-16)20(28)8-5-11-29-17-9-10-18-15(12-17)13-26(14-19(22)27)21(23)24-18/h9-10,12,16H,2-8,11,13-14H2,1H3,(H4,22,23,24,27)/p+1. The number of fused-ring (bicyclic) bond motifs is 1. The number of nitrogens with one attached hydrogen (secondary N) is 1. The molecule has 2 aliphatic rings. The maximum absolute atomic E-state index is 12.4. The summed E-state index contributed by atoms with van der Waals surface area (Å²) in [6.45, 7) is 1.02. The quantitative estimate of drug-likeness (QED) is 0.449. The van der Waals surface area contributed by atoms with Crippen molar-refractivity contribution in [2.45, 2.75) is 57.5 Å². The van der Waals surface area contributed by atoms with Gasteiger partial charge in [0.2, 0.25) is 5.91 Å². The lowest BCUT2D eigenvalue weighted by atomic mass is 9.94. The summed E-state index contributed by atoms with van der Waals surface area (Å²) < 4.78 is 7.53. The first-order valence-corrected chi connectivity index (χ1v) is 10.4. The molecule has 0 unspecified atom stereocenters. The smallest absolute Gasteiger partial charge is 0.349 e. The number of carbonyl (C=O) groups excluding carboxylic acids is 2. The molecule has 29 heavy (non-hydrogen) atoms. The van der Waals surface area contributed by atoms with Crippen molar-refractivity contribution >= 4 is 23.5 Å². The Balaban J connectivity index is 1.46. The van der Waals surface area contributed by atoms with Crippen molar-refractivity contribution in [3.63, 3.8) is 0 Å². The van der Waals surface area contributed by atoms with E-state index in [9.17, 15) is 9.59 Å². The van der Waals surface area contributed by atoms with Gasteiger partial charge in [0, 0.05) is 25.1 Å². The number of nitrogens with zero attached hydrogens (tertiary/aromatic N) is 2. The zero-order valence-corrected chi connectivity index (χ0v) is 17.2. The normalized spacial score (nSPS) is 16.7. The highest BCUT2D eigenvalue weighted by Gasteiger charge is 2.23. The molecule has 8 nitrogen and oxygen atoms in total. The summed E-state index contributed by atoms with van der Waals surface area (Å²) in [5, 5.41) is 3.08. The molecular weight excluding hydrogens is 370 g/mol. The molecule has 2 amide bonds. The summed E-state index contributed by atoms with van der Waals surface area (Å²) in [7, 11) is 1.93. The monoisotopic (exact) mass is 402 g/mol. The van der Waals surface area contributed by atoms with Crippen molar-refractivity contribution in [1.29, 1.82) is 0 Å². The number of anilines is 1. The summed E-state index contributed by atoms with van der Waals surface area (Å²) in [4.78, 5) is 25.5. The van der Waals surface area contributed by atoms with Gasteiger partial charge in [-0.1, -0.05) is 19.3 Å². The third-order valence-electron chi connectivity index (χ3n) is 5.71. The van der Waals surface area contributed by atoms with Gasteiger partial charge in [-0.3, -0.25) is 19.9 Å². The number of ether oxygens (including phenoxy) is 1. The van der Waals surface area contributed by atoms with E-state index in [1.54, 1.807) is 4.58 Å². The van der Waals surface area contributed by atoms with E-state index in [1.165, 1.54) is 19.3 Å². The van der Waals surface area contributed by atoms with E-state index in [1.807, 2.05) is 30.1 Å². The molecule has 1 aromatic carbocycles. The number of benzene rings is 1. The van der Waals surface area contributed by atoms with Gasteiger partial charge in [0.05, 0.1) is 13.2 Å². The van der Waals surface area contributed by atoms with Gasteiger partial charge < -0.3 is 15.4 Å². The number of hydrogen-bond donors (Lipinski definition) is 3. The summed E-state index contributed by atoms with van der Waals surface area (Å²) in [5.41, 5.74) is 13.1. The van der Waals surface area contributed by atoms with Crippen molar-refractivity contribution in [3.05, 3.63) is 23.8 Å². The molecule has 0 aromatic heterocycles. The minimum absolute atomic E-state index is 0.0555. The number of amides is 2. The summed E-state index contributed by atoms with van der Waals surface area (Å²) in [6, 6.07) is 6.11. The second-order valence-electron chi connectivity index (χ2n) is 7.90. The van der Waals surface area contributed by atoms with E-state index in [4.69, 9.17) is 16.2 Å². The van der Waals surface area contributed by atoms with Gasteiger partial charge >= 0.3 is 5.96 Å². The van der Waals surface area contributed by atoms with Crippen molar-refractivity contribution < 1.29 is 18.9 Å². The topological polar surface area (TPSA) is 114 Å². The van der Waals surface area contributed by atoms with Crippen LogP contribution in [0.15, 0.2) is 18.2 Å². The first-order chi connectivity index (χ1) is 13.9. The van der Waals surface area contributed by atoms with Gasteiger partial charge in [0.15, 0.2) is 0 Å². The Morgan fingerprint density at radius 2 is 2.03 bits per heavy atom. The predicted octanol–water partition coefficient (Wildman–Crippen LogP) is 1.37. The number of nitrogens with two attached hydrogens (primary N) is 2. The highest BCUT2D eigenvalue weighted by atomic mass is 16.5. The third-order valence-corrected chi connectivity index (χ3v) is 5.71. The molecule has 0 radical (unpaired) electrons. The molecule has 1 aromatic rings. The molecule has 1 saturated carbocycles. The molecule has 1 aliphatic heterocycles. The lowest BCUT2D eigenvalue weighted by molar-refractivity contribution is -0.534. The fourth-order valence-corrected chi connectivity index (χ4v) is 4.01. The van der Waals surface area contributed by atoms with Crippen LogP contribution in [0.4, 0.5) is 5.69 Å². The van der Waals surface area contributed by atoms with E-state index in [-0.39, 0.29) is 12.5 Å². The third kappa shape index (κ3) is 5.62. The number of guanidine groups is 1. The van der Waals surface area contributed by atoms with Crippen LogP contribution in [0, 0.1) is 0 Å². The predicted molar refractivity (Wildman–Crippen MR) is 112 cm³/mol. The second kappa shape index (κ2) is 9.62. The average Bonchev–Trinajstić information content (AvgIpc) is 2.71. The minimum atomic E-state index is -0.437.